The number of nitrogens with one attached hydrogen (secondary N) is 1. The van der Waals surface area contributed by atoms with Crippen LogP contribution in [0.1, 0.15) is 49.7 Å². The topological polar surface area (TPSA) is 64.0 Å². The van der Waals surface area contributed by atoms with Gasteiger partial charge in [0.05, 0.1) is 16.9 Å². The van der Waals surface area contributed by atoms with Gasteiger partial charge in [0.2, 0.25) is 5.91 Å². The van der Waals surface area contributed by atoms with Crippen LogP contribution in [0.25, 0.3) is 10.9 Å². The van der Waals surface area contributed by atoms with Crippen molar-refractivity contribution in [1.82, 2.24) is 14.9 Å². The Kier molecular flexibility index (Phi) is 5.18. The summed E-state index contributed by atoms with van der Waals surface area (Å²) in [5.74, 6) is 0.619. The van der Waals surface area contributed by atoms with Crippen molar-refractivity contribution in [3.05, 3.63) is 75.3 Å². The molecule has 3 aromatic rings. The first-order valence-electron chi connectivity index (χ1n) is 9.58. The maximum atomic E-state index is 12.9. The fourth-order valence-electron chi connectivity index (χ4n) is 3.48. The number of benzene rings is 2. The van der Waals surface area contributed by atoms with Gasteiger partial charge in [-0.2, -0.15) is 0 Å². The van der Waals surface area contributed by atoms with Crippen LogP contribution in [0.3, 0.4) is 0 Å². The minimum Gasteiger partial charge on any atom is -0.350 e. The molecule has 1 aliphatic rings. The molecule has 1 N–H and O–H groups in total. The monoisotopic (exact) mass is 395 g/mol. The summed E-state index contributed by atoms with van der Waals surface area (Å²) < 4.78 is 1.79. The summed E-state index contributed by atoms with van der Waals surface area (Å²) in [7, 11) is 0. The molecule has 1 fully saturated rings. The Balaban J connectivity index is 1.50. The number of fused-ring (bicyclic) bond motifs is 1. The number of hydrogen-bond acceptors (Lipinski definition) is 3. The molecule has 1 unspecified atom stereocenters. The number of carbonyl (C=O) groups is 1. The van der Waals surface area contributed by atoms with E-state index >= 15 is 0 Å². The van der Waals surface area contributed by atoms with Crippen LogP contribution in [0, 0.1) is 0 Å². The first-order valence-corrected chi connectivity index (χ1v) is 9.95. The molecule has 0 aliphatic heterocycles. The van der Waals surface area contributed by atoms with Gasteiger partial charge in [0.1, 0.15) is 5.82 Å². The lowest BCUT2D eigenvalue weighted by atomic mass is 10.1. The molecule has 144 valence electrons. The zero-order chi connectivity index (χ0) is 19.7. The van der Waals surface area contributed by atoms with Gasteiger partial charge in [0, 0.05) is 23.9 Å². The summed E-state index contributed by atoms with van der Waals surface area (Å²) in [5, 5.41) is 4.28. The van der Waals surface area contributed by atoms with Crippen molar-refractivity contribution in [2.45, 2.75) is 44.7 Å². The average Bonchev–Trinajstić information content (AvgIpc) is 3.51. The van der Waals surface area contributed by atoms with E-state index in [1.54, 1.807) is 4.57 Å². The van der Waals surface area contributed by atoms with E-state index in [0.717, 1.165) is 18.4 Å². The Morgan fingerprint density at radius 3 is 2.79 bits per heavy atom. The number of hydrogen-bond donors (Lipinski definition) is 1. The van der Waals surface area contributed by atoms with Crippen molar-refractivity contribution in [1.29, 1.82) is 0 Å². The fraction of sp³-hybridized carbons (Fsp3) is 0.318. The van der Waals surface area contributed by atoms with Crippen LogP contribution in [0.4, 0.5) is 0 Å². The van der Waals surface area contributed by atoms with E-state index < -0.39 is 0 Å². The summed E-state index contributed by atoms with van der Waals surface area (Å²) in [5.41, 5.74) is 1.64. The number of halogens is 1. The van der Waals surface area contributed by atoms with Crippen molar-refractivity contribution in [3.63, 3.8) is 0 Å². The van der Waals surface area contributed by atoms with E-state index in [0.29, 0.717) is 28.2 Å². The Morgan fingerprint density at radius 2 is 2.04 bits per heavy atom. The van der Waals surface area contributed by atoms with E-state index in [9.17, 15) is 9.59 Å². The summed E-state index contributed by atoms with van der Waals surface area (Å²) in [6.45, 7) is 1.93. The third-order valence-corrected chi connectivity index (χ3v) is 5.33. The van der Waals surface area contributed by atoms with Gasteiger partial charge in [0.25, 0.3) is 5.56 Å². The van der Waals surface area contributed by atoms with Crippen molar-refractivity contribution < 1.29 is 4.79 Å². The van der Waals surface area contributed by atoms with E-state index in [1.807, 2.05) is 55.5 Å². The highest BCUT2D eigenvalue weighted by Crippen LogP contribution is 2.34. The molecule has 1 heterocycles. The van der Waals surface area contributed by atoms with Crippen molar-refractivity contribution >= 4 is 28.4 Å². The molecule has 0 spiro atoms. The molecule has 2 aromatic carbocycles. The second kappa shape index (κ2) is 7.76. The number of amides is 1. The Bertz CT molecular complexity index is 1090. The normalized spacial score (nSPS) is 14.8. The molecular formula is C22H22ClN3O2. The number of rotatable bonds is 6. The lowest BCUT2D eigenvalue weighted by Crippen LogP contribution is -2.29. The summed E-state index contributed by atoms with van der Waals surface area (Å²) >= 11 is 6.03. The molecule has 6 heteroatoms. The van der Waals surface area contributed by atoms with Gasteiger partial charge in [-0.3, -0.25) is 14.2 Å². The molecule has 1 saturated carbocycles. The molecule has 5 nitrogen and oxygen atoms in total. The maximum absolute atomic E-state index is 12.9. The van der Waals surface area contributed by atoms with Crippen LogP contribution in [0.15, 0.2) is 53.3 Å². The van der Waals surface area contributed by atoms with E-state index in [2.05, 4.69) is 10.3 Å². The van der Waals surface area contributed by atoms with Crippen molar-refractivity contribution in [2.24, 2.45) is 0 Å². The number of aromatic nitrogens is 2. The van der Waals surface area contributed by atoms with Crippen LogP contribution < -0.4 is 10.9 Å². The minimum absolute atomic E-state index is 0.00389. The molecule has 1 aromatic heterocycles. The highest BCUT2D eigenvalue weighted by molar-refractivity contribution is 6.30. The highest BCUT2D eigenvalue weighted by atomic mass is 35.5. The maximum Gasteiger partial charge on any atom is 0.261 e. The van der Waals surface area contributed by atoms with Gasteiger partial charge in [0.15, 0.2) is 0 Å². The van der Waals surface area contributed by atoms with Gasteiger partial charge in [-0.1, -0.05) is 35.9 Å². The third-order valence-electron chi connectivity index (χ3n) is 5.09. The van der Waals surface area contributed by atoms with Gasteiger partial charge in [-0.15, -0.1) is 0 Å². The number of aryl methyl sites for hydroxylation is 1. The molecule has 28 heavy (non-hydrogen) atoms. The van der Waals surface area contributed by atoms with Gasteiger partial charge in [-0.25, -0.2) is 4.98 Å². The fourth-order valence-corrected chi connectivity index (χ4v) is 3.67. The second-order valence-corrected chi connectivity index (χ2v) is 7.73. The largest absolute Gasteiger partial charge is 0.350 e. The molecule has 0 saturated heterocycles. The van der Waals surface area contributed by atoms with E-state index in [1.165, 1.54) is 0 Å². The van der Waals surface area contributed by atoms with Crippen LogP contribution in [-0.2, 0) is 11.2 Å². The van der Waals surface area contributed by atoms with Gasteiger partial charge < -0.3 is 5.32 Å². The third kappa shape index (κ3) is 3.94. The summed E-state index contributed by atoms with van der Waals surface area (Å²) in [4.78, 5) is 30.0. The predicted octanol–water partition coefficient (Wildman–Crippen LogP) is 4.19. The Morgan fingerprint density at radius 1 is 1.25 bits per heavy atom. The molecule has 4 rings (SSSR count). The van der Waals surface area contributed by atoms with Crippen LogP contribution in [0.5, 0.6) is 0 Å². The quantitative estimate of drug-likeness (QED) is 0.680. The standard InChI is InChI=1S/C22H22ClN3O2/c1-14(15-5-4-6-16(23)13-15)24-21(27)12-11-20-25-19-8-3-2-7-18(19)22(28)26(20)17-9-10-17/h2-8,13-14,17H,9-12H2,1H3,(H,24,27). The van der Waals surface area contributed by atoms with Crippen molar-refractivity contribution in [3.8, 4) is 0 Å². The molecule has 1 atom stereocenters. The Labute approximate surface area is 168 Å². The molecule has 1 amide bonds. The average molecular weight is 396 g/mol. The smallest absolute Gasteiger partial charge is 0.261 e. The SMILES string of the molecule is CC(NC(=O)CCc1nc2ccccc2c(=O)n1C1CC1)c1cccc(Cl)c1. The lowest BCUT2D eigenvalue weighted by molar-refractivity contribution is -0.121. The van der Waals surface area contributed by atoms with E-state index in [4.69, 9.17) is 11.6 Å². The molecule has 1 aliphatic carbocycles. The first kappa shape index (κ1) is 18.7. The lowest BCUT2D eigenvalue weighted by Gasteiger charge is -2.16. The van der Waals surface area contributed by atoms with E-state index in [-0.39, 0.29) is 30.0 Å². The predicted molar refractivity (Wildman–Crippen MR) is 111 cm³/mol. The number of para-hydroxylation sites is 1. The van der Waals surface area contributed by atoms with Crippen LogP contribution in [-0.4, -0.2) is 15.5 Å². The summed E-state index contributed by atoms with van der Waals surface area (Å²) in [6.07, 6.45) is 2.70. The Hall–Kier alpha value is -2.66. The zero-order valence-electron chi connectivity index (χ0n) is 15.7. The molecular weight excluding hydrogens is 374 g/mol. The number of nitrogens with zero attached hydrogens (tertiary/aromatic N) is 2. The van der Waals surface area contributed by atoms with Gasteiger partial charge in [-0.05, 0) is 49.6 Å². The molecule has 0 radical (unpaired) electrons. The minimum atomic E-state index is -0.138. The first-order chi connectivity index (χ1) is 13.5. The summed E-state index contributed by atoms with van der Waals surface area (Å²) in [6, 6.07) is 14.9. The van der Waals surface area contributed by atoms with Crippen molar-refractivity contribution in [2.75, 3.05) is 0 Å². The van der Waals surface area contributed by atoms with Crippen LogP contribution >= 0.6 is 11.6 Å². The van der Waals surface area contributed by atoms with Crippen LogP contribution in [0.2, 0.25) is 5.02 Å². The van der Waals surface area contributed by atoms with Gasteiger partial charge >= 0.3 is 0 Å². The number of carbonyl (C=O) groups excluding carboxylic acids is 1. The zero-order valence-corrected chi connectivity index (χ0v) is 16.4. The highest BCUT2D eigenvalue weighted by Gasteiger charge is 2.28. The second-order valence-electron chi connectivity index (χ2n) is 7.30. The molecule has 0 bridgehead atoms.